The Morgan fingerprint density at radius 2 is 2.05 bits per heavy atom. The second kappa shape index (κ2) is 6.30. The molecule has 0 aliphatic carbocycles. The Balaban J connectivity index is 1.73. The van der Waals surface area contributed by atoms with Crippen LogP contribution in [0.3, 0.4) is 0 Å². The lowest BCUT2D eigenvalue weighted by Crippen LogP contribution is -2.24. The van der Waals surface area contributed by atoms with Crippen molar-refractivity contribution in [2.45, 2.75) is 39.5 Å². The van der Waals surface area contributed by atoms with Crippen LogP contribution in [0.25, 0.3) is 17.6 Å². The predicted molar refractivity (Wildman–Crippen MR) is 86.7 cm³/mol. The predicted octanol–water partition coefficient (Wildman–Crippen LogP) is 4.15. The van der Waals surface area contributed by atoms with Gasteiger partial charge in [0.25, 0.3) is 5.89 Å². The molecule has 118 valence electrons. The maximum Gasteiger partial charge on any atom is 0.250 e. The fraction of sp³-hybridized carbons (Fsp3) is 0.562. The molecule has 2 aromatic heterocycles. The van der Waals surface area contributed by atoms with Crippen molar-refractivity contribution >= 4 is 17.4 Å². The molecule has 0 aromatic carbocycles. The summed E-state index contributed by atoms with van der Waals surface area (Å²) >= 11 is 1.63. The third kappa shape index (κ3) is 3.44. The van der Waals surface area contributed by atoms with Gasteiger partial charge < -0.3 is 9.26 Å². The van der Waals surface area contributed by atoms with Gasteiger partial charge in [0, 0.05) is 24.5 Å². The molecule has 0 bridgehead atoms. The van der Waals surface area contributed by atoms with Gasteiger partial charge in [0.15, 0.2) is 0 Å². The van der Waals surface area contributed by atoms with Crippen LogP contribution >= 0.6 is 11.3 Å². The first-order chi connectivity index (χ1) is 10.6. The highest BCUT2D eigenvalue weighted by molar-refractivity contribution is 7.10. The van der Waals surface area contributed by atoms with E-state index in [-0.39, 0.29) is 5.41 Å². The van der Waals surface area contributed by atoms with Crippen LogP contribution in [0.5, 0.6) is 0 Å². The summed E-state index contributed by atoms with van der Waals surface area (Å²) in [5.74, 6) is 1.50. The molecule has 2 aromatic rings. The van der Waals surface area contributed by atoms with Crippen molar-refractivity contribution in [3.05, 3.63) is 22.4 Å². The summed E-state index contributed by atoms with van der Waals surface area (Å²) in [7, 11) is 0. The van der Waals surface area contributed by atoms with Crippen LogP contribution in [0.1, 0.15) is 50.4 Å². The van der Waals surface area contributed by atoms with Gasteiger partial charge in [0.05, 0.1) is 5.01 Å². The normalized spacial score (nSPS) is 18.4. The van der Waals surface area contributed by atoms with E-state index in [1.165, 1.54) is 0 Å². The zero-order chi connectivity index (χ0) is 15.6. The minimum absolute atomic E-state index is 0.151. The van der Waals surface area contributed by atoms with Gasteiger partial charge in [-0.1, -0.05) is 32.0 Å². The van der Waals surface area contributed by atoms with E-state index in [9.17, 15) is 0 Å². The van der Waals surface area contributed by atoms with Crippen molar-refractivity contribution in [1.29, 1.82) is 0 Å². The molecule has 0 amide bonds. The highest BCUT2D eigenvalue weighted by atomic mass is 32.1. The molecule has 0 saturated carbocycles. The molecular weight excluding hydrogens is 298 g/mol. The van der Waals surface area contributed by atoms with E-state index in [0.717, 1.165) is 36.8 Å². The molecule has 1 aliphatic heterocycles. The molecule has 3 rings (SSSR count). The second-order valence-electron chi connectivity index (χ2n) is 6.28. The SMILES string of the molecule is CC(C)c1nc(-c2noc(C=CC3(C)CCOCC3)n2)cs1. The van der Waals surface area contributed by atoms with E-state index in [1.54, 1.807) is 11.3 Å². The molecule has 1 saturated heterocycles. The van der Waals surface area contributed by atoms with E-state index in [2.05, 4.69) is 42.0 Å². The van der Waals surface area contributed by atoms with Gasteiger partial charge in [-0.3, -0.25) is 0 Å². The van der Waals surface area contributed by atoms with Crippen LogP contribution < -0.4 is 0 Å². The molecule has 22 heavy (non-hydrogen) atoms. The zero-order valence-corrected chi connectivity index (χ0v) is 14.0. The van der Waals surface area contributed by atoms with Gasteiger partial charge in [-0.15, -0.1) is 11.3 Å². The molecule has 0 radical (unpaired) electrons. The number of allylic oxidation sites excluding steroid dienone is 1. The molecule has 0 N–H and O–H groups in total. The molecule has 1 fully saturated rings. The summed E-state index contributed by atoms with van der Waals surface area (Å²) in [5, 5.41) is 7.10. The molecule has 1 aliphatic rings. The number of hydrogen-bond donors (Lipinski definition) is 0. The molecule has 0 spiro atoms. The minimum atomic E-state index is 0.151. The molecule has 0 unspecified atom stereocenters. The van der Waals surface area contributed by atoms with Crippen molar-refractivity contribution in [3.8, 4) is 11.5 Å². The average molecular weight is 319 g/mol. The van der Waals surface area contributed by atoms with Crippen LogP contribution in [-0.2, 0) is 4.74 Å². The van der Waals surface area contributed by atoms with Gasteiger partial charge in [-0.25, -0.2) is 4.98 Å². The molecule has 3 heterocycles. The molecule has 6 heteroatoms. The highest BCUT2D eigenvalue weighted by Gasteiger charge is 2.24. The molecular formula is C16H21N3O2S. The number of ether oxygens (including phenoxy) is 1. The maximum atomic E-state index is 5.41. The quantitative estimate of drug-likeness (QED) is 0.847. The fourth-order valence-electron chi connectivity index (χ4n) is 2.34. The first-order valence-electron chi connectivity index (χ1n) is 7.62. The maximum absolute atomic E-state index is 5.41. The Labute approximate surface area is 134 Å². The topological polar surface area (TPSA) is 61.0 Å². The number of hydrogen-bond acceptors (Lipinski definition) is 6. The number of thiazole rings is 1. The van der Waals surface area contributed by atoms with Gasteiger partial charge >= 0.3 is 0 Å². The molecule has 0 atom stereocenters. The Hall–Kier alpha value is -1.53. The van der Waals surface area contributed by atoms with Crippen LogP contribution in [0.4, 0.5) is 0 Å². The second-order valence-corrected chi connectivity index (χ2v) is 7.17. The Kier molecular flexibility index (Phi) is 4.40. The number of nitrogens with zero attached hydrogens (tertiary/aromatic N) is 3. The fourth-order valence-corrected chi connectivity index (χ4v) is 3.15. The van der Waals surface area contributed by atoms with E-state index in [0.29, 0.717) is 17.6 Å². The first-order valence-corrected chi connectivity index (χ1v) is 8.50. The number of aromatic nitrogens is 3. The Morgan fingerprint density at radius 1 is 1.27 bits per heavy atom. The smallest absolute Gasteiger partial charge is 0.250 e. The highest BCUT2D eigenvalue weighted by Crippen LogP contribution is 2.32. The van der Waals surface area contributed by atoms with Crippen molar-refractivity contribution in [1.82, 2.24) is 15.1 Å². The average Bonchev–Trinajstić information content (AvgIpc) is 3.15. The zero-order valence-electron chi connectivity index (χ0n) is 13.2. The summed E-state index contributed by atoms with van der Waals surface area (Å²) in [5.41, 5.74) is 0.938. The standard InChI is InChI=1S/C16H21N3O2S/c1-11(2)15-17-12(10-22-15)14-18-13(21-19-14)4-5-16(3)6-8-20-9-7-16/h4-5,10-11H,6-9H2,1-3H3. The minimum Gasteiger partial charge on any atom is -0.381 e. The Morgan fingerprint density at radius 3 is 2.73 bits per heavy atom. The van der Waals surface area contributed by atoms with Crippen LogP contribution in [-0.4, -0.2) is 28.3 Å². The molecule has 5 nitrogen and oxygen atoms in total. The van der Waals surface area contributed by atoms with Gasteiger partial charge in [0.1, 0.15) is 5.69 Å². The van der Waals surface area contributed by atoms with Gasteiger partial charge in [-0.05, 0) is 24.3 Å². The van der Waals surface area contributed by atoms with E-state index in [1.807, 2.05) is 11.5 Å². The van der Waals surface area contributed by atoms with Crippen LogP contribution in [0.2, 0.25) is 0 Å². The Bertz CT molecular complexity index is 654. The van der Waals surface area contributed by atoms with Crippen molar-refractivity contribution in [3.63, 3.8) is 0 Å². The van der Waals surface area contributed by atoms with E-state index in [4.69, 9.17) is 9.26 Å². The first kappa shape index (κ1) is 15.4. The van der Waals surface area contributed by atoms with Crippen molar-refractivity contribution in [2.24, 2.45) is 5.41 Å². The monoisotopic (exact) mass is 319 g/mol. The van der Waals surface area contributed by atoms with Gasteiger partial charge in [-0.2, -0.15) is 4.98 Å². The van der Waals surface area contributed by atoms with E-state index < -0.39 is 0 Å². The lowest BCUT2D eigenvalue weighted by molar-refractivity contribution is 0.0452. The van der Waals surface area contributed by atoms with Crippen molar-refractivity contribution < 1.29 is 9.26 Å². The van der Waals surface area contributed by atoms with Gasteiger partial charge in [0.2, 0.25) is 5.82 Å². The van der Waals surface area contributed by atoms with Crippen molar-refractivity contribution in [2.75, 3.05) is 13.2 Å². The third-order valence-corrected chi connectivity index (χ3v) is 5.10. The largest absolute Gasteiger partial charge is 0.381 e. The summed E-state index contributed by atoms with van der Waals surface area (Å²) in [4.78, 5) is 8.97. The van der Waals surface area contributed by atoms with Crippen LogP contribution in [0.15, 0.2) is 16.0 Å². The summed E-state index contributed by atoms with van der Waals surface area (Å²) < 4.78 is 10.7. The lowest BCUT2D eigenvalue weighted by Gasteiger charge is -2.30. The third-order valence-electron chi connectivity index (χ3n) is 3.95. The summed E-state index contributed by atoms with van der Waals surface area (Å²) in [6.45, 7) is 8.11. The number of rotatable bonds is 4. The van der Waals surface area contributed by atoms with Crippen LogP contribution in [0, 0.1) is 5.41 Å². The summed E-state index contributed by atoms with van der Waals surface area (Å²) in [6.07, 6.45) is 6.12. The lowest BCUT2D eigenvalue weighted by atomic mass is 9.82. The summed E-state index contributed by atoms with van der Waals surface area (Å²) in [6, 6.07) is 0. The van der Waals surface area contributed by atoms with E-state index >= 15 is 0 Å².